The van der Waals surface area contributed by atoms with E-state index < -0.39 is 16.1 Å². The Morgan fingerprint density at radius 2 is 1.95 bits per heavy atom. The zero-order valence-electron chi connectivity index (χ0n) is 25.2. The number of hydrogen-bond donors (Lipinski definition) is 0. The Labute approximate surface area is 269 Å². The SMILES string of the molecule is Cc1ccc(Cl)c(S(=O)(=O)N2CCn3cccc3C2COCC(=O)N(C)C2CCCC(N3CCc4cnccc4C3)C2)c1Cl. The topological polar surface area (TPSA) is 88.0 Å². The van der Waals surface area contributed by atoms with Crippen molar-refractivity contribution in [1.29, 1.82) is 0 Å². The molecule has 3 aliphatic rings. The second-order valence-corrected chi connectivity index (χ2v) is 14.7. The summed E-state index contributed by atoms with van der Waals surface area (Å²) < 4.78 is 37.4. The highest BCUT2D eigenvalue weighted by atomic mass is 35.5. The maximum Gasteiger partial charge on any atom is 0.248 e. The first-order valence-electron chi connectivity index (χ1n) is 15.3. The number of sulfonamides is 1. The van der Waals surface area contributed by atoms with Crippen LogP contribution in [0, 0.1) is 6.92 Å². The molecule has 4 heterocycles. The van der Waals surface area contributed by atoms with Crippen LogP contribution in [0.15, 0.2) is 53.8 Å². The van der Waals surface area contributed by atoms with Crippen LogP contribution in [-0.2, 0) is 39.1 Å². The lowest BCUT2D eigenvalue weighted by Crippen LogP contribution is -2.48. The number of amides is 1. The molecule has 0 radical (unpaired) electrons. The third kappa shape index (κ3) is 6.17. The predicted molar refractivity (Wildman–Crippen MR) is 170 cm³/mol. The molecule has 9 nitrogen and oxygen atoms in total. The molecule has 236 valence electrons. The van der Waals surface area contributed by atoms with Crippen molar-refractivity contribution >= 4 is 39.1 Å². The van der Waals surface area contributed by atoms with Gasteiger partial charge >= 0.3 is 0 Å². The van der Waals surface area contributed by atoms with Gasteiger partial charge in [0.25, 0.3) is 0 Å². The Morgan fingerprint density at radius 1 is 1.11 bits per heavy atom. The minimum atomic E-state index is -4.06. The maximum atomic E-state index is 14.0. The smallest absolute Gasteiger partial charge is 0.248 e. The summed E-state index contributed by atoms with van der Waals surface area (Å²) in [5, 5.41) is 0.195. The number of halogens is 2. The van der Waals surface area contributed by atoms with Gasteiger partial charge in [-0.15, -0.1) is 0 Å². The normalized spacial score (nSPS) is 22.8. The summed E-state index contributed by atoms with van der Waals surface area (Å²) in [7, 11) is -2.20. The van der Waals surface area contributed by atoms with Gasteiger partial charge < -0.3 is 14.2 Å². The monoisotopic (exact) mass is 659 g/mol. The highest BCUT2D eigenvalue weighted by molar-refractivity contribution is 7.89. The van der Waals surface area contributed by atoms with Crippen LogP contribution in [0.3, 0.4) is 0 Å². The highest BCUT2D eigenvalue weighted by Crippen LogP contribution is 2.39. The van der Waals surface area contributed by atoms with Gasteiger partial charge in [-0.3, -0.25) is 14.7 Å². The fourth-order valence-corrected chi connectivity index (χ4v) is 9.70. The molecule has 0 saturated heterocycles. The molecule has 44 heavy (non-hydrogen) atoms. The molecule has 2 aliphatic heterocycles. The largest absolute Gasteiger partial charge is 0.370 e. The van der Waals surface area contributed by atoms with Crippen LogP contribution in [0.25, 0.3) is 0 Å². The number of ether oxygens (including phenoxy) is 1. The quantitative estimate of drug-likeness (QED) is 0.335. The van der Waals surface area contributed by atoms with E-state index in [4.69, 9.17) is 27.9 Å². The van der Waals surface area contributed by atoms with Gasteiger partial charge in [-0.05, 0) is 80.0 Å². The maximum absolute atomic E-state index is 14.0. The van der Waals surface area contributed by atoms with E-state index in [-0.39, 0.29) is 46.6 Å². The van der Waals surface area contributed by atoms with E-state index >= 15 is 0 Å². The molecule has 1 amide bonds. The van der Waals surface area contributed by atoms with Gasteiger partial charge in [0, 0.05) is 69.6 Å². The molecule has 3 atom stereocenters. The average Bonchev–Trinajstić information content (AvgIpc) is 3.52. The molecular formula is C32H39Cl2N5O4S. The van der Waals surface area contributed by atoms with Crippen molar-refractivity contribution in [2.24, 2.45) is 0 Å². The van der Waals surface area contributed by atoms with Crippen molar-refractivity contribution in [3.8, 4) is 0 Å². The second kappa shape index (κ2) is 13.1. The van der Waals surface area contributed by atoms with Crippen LogP contribution in [0.5, 0.6) is 0 Å². The van der Waals surface area contributed by atoms with Gasteiger partial charge in [0.2, 0.25) is 15.9 Å². The fourth-order valence-electron chi connectivity index (χ4n) is 6.98. The van der Waals surface area contributed by atoms with Crippen LogP contribution in [0.2, 0.25) is 10.0 Å². The Morgan fingerprint density at radius 3 is 2.80 bits per heavy atom. The molecule has 0 bridgehead atoms. The number of benzene rings is 1. The van der Waals surface area contributed by atoms with Crippen LogP contribution in [0.4, 0.5) is 0 Å². The zero-order chi connectivity index (χ0) is 31.0. The molecule has 3 unspecified atom stereocenters. The van der Waals surface area contributed by atoms with Gasteiger partial charge in [-0.1, -0.05) is 29.3 Å². The number of nitrogens with zero attached hydrogens (tertiary/aromatic N) is 5. The van der Waals surface area contributed by atoms with Crippen molar-refractivity contribution in [1.82, 2.24) is 23.7 Å². The molecule has 2 aromatic heterocycles. The predicted octanol–water partition coefficient (Wildman–Crippen LogP) is 5.09. The standard InChI is InChI=1S/C32H39Cl2N5O4S/c1-22-8-9-27(33)32(31(22)34)44(41,42)39-16-15-37-13-4-7-28(37)29(39)20-43-21-30(40)36(2)25-5-3-6-26(17-25)38-14-11-23-18-35-12-10-24(23)19-38/h4,7-10,12-13,18,25-26,29H,3,5-6,11,14-17,19-21H2,1-2H3. The molecule has 1 saturated carbocycles. The van der Waals surface area contributed by atoms with E-state index in [1.165, 1.54) is 15.4 Å². The van der Waals surface area contributed by atoms with Gasteiger partial charge in [-0.2, -0.15) is 4.31 Å². The highest BCUT2D eigenvalue weighted by Gasteiger charge is 2.39. The zero-order valence-corrected chi connectivity index (χ0v) is 27.5. The van der Waals surface area contributed by atoms with Crippen LogP contribution in [0.1, 0.15) is 54.1 Å². The number of carbonyl (C=O) groups is 1. The average molecular weight is 661 g/mol. The Hall–Kier alpha value is -2.47. The number of aromatic nitrogens is 2. The number of likely N-dealkylation sites (N-methyl/N-ethyl adjacent to an activating group) is 1. The van der Waals surface area contributed by atoms with Gasteiger partial charge in [0.05, 0.1) is 22.7 Å². The molecule has 6 rings (SSSR count). The first-order valence-corrected chi connectivity index (χ1v) is 17.5. The third-order valence-electron chi connectivity index (χ3n) is 9.55. The minimum absolute atomic E-state index is 0.0270. The number of fused-ring (bicyclic) bond motifs is 2. The second-order valence-electron chi connectivity index (χ2n) is 12.1. The van der Waals surface area contributed by atoms with E-state index in [0.717, 1.165) is 50.9 Å². The van der Waals surface area contributed by atoms with E-state index in [1.807, 2.05) is 47.2 Å². The van der Waals surface area contributed by atoms with Crippen LogP contribution < -0.4 is 0 Å². The fraction of sp³-hybridized carbons (Fsp3) is 0.500. The van der Waals surface area contributed by atoms with E-state index in [2.05, 4.69) is 16.0 Å². The minimum Gasteiger partial charge on any atom is -0.370 e. The first-order chi connectivity index (χ1) is 21.1. The lowest BCUT2D eigenvalue weighted by atomic mass is 9.87. The number of carbonyl (C=O) groups excluding carboxylic acids is 1. The van der Waals surface area contributed by atoms with Gasteiger partial charge in [-0.25, -0.2) is 8.42 Å². The van der Waals surface area contributed by atoms with Crippen molar-refractivity contribution in [3.63, 3.8) is 0 Å². The van der Waals surface area contributed by atoms with Crippen molar-refractivity contribution in [2.75, 3.05) is 33.4 Å². The van der Waals surface area contributed by atoms with E-state index in [9.17, 15) is 13.2 Å². The van der Waals surface area contributed by atoms with E-state index in [0.29, 0.717) is 18.2 Å². The van der Waals surface area contributed by atoms with Gasteiger partial charge in [0.15, 0.2) is 0 Å². The van der Waals surface area contributed by atoms with Crippen molar-refractivity contribution < 1.29 is 17.9 Å². The molecule has 12 heteroatoms. The summed E-state index contributed by atoms with van der Waals surface area (Å²) in [6.07, 6.45) is 10.9. The number of aryl methyl sites for hydroxylation is 1. The van der Waals surface area contributed by atoms with Crippen molar-refractivity contribution in [2.45, 2.75) is 75.1 Å². The number of rotatable bonds is 8. The molecular weight excluding hydrogens is 621 g/mol. The van der Waals surface area contributed by atoms with E-state index in [1.54, 1.807) is 19.1 Å². The van der Waals surface area contributed by atoms with Gasteiger partial charge in [0.1, 0.15) is 11.5 Å². The Kier molecular flexibility index (Phi) is 9.38. The molecule has 1 fully saturated rings. The summed E-state index contributed by atoms with van der Waals surface area (Å²) in [4.78, 5) is 21.9. The molecule has 1 aliphatic carbocycles. The van der Waals surface area contributed by atoms with Crippen LogP contribution >= 0.6 is 23.2 Å². The molecule has 0 spiro atoms. The summed E-state index contributed by atoms with van der Waals surface area (Å²) in [6, 6.07) is 9.09. The Balaban J connectivity index is 1.10. The summed E-state index contributed by atoms with van der Waals surface area (Å²) in [5.74, 6) is -0.101. The summed E-state index contributed by atoms with van der Waals surface area (Å²) >= 11 is 12.9. The first kappa shape index (κ1) is 31.5. The number of pyridine rings is 1. The Bertz CT molecular complexity index is 1630. The molecule has 1 aromatic carbocycles. The molecule has 0 N–H and O–H groups in total. The third-order valence-corrected chi connectivity index (χ3v) is 12.6. The van der Waals surface area contributed by atoms with Crippen LogP contribution in [-0.4, -0.2) is 83.4 Å². The van der Waals surface area contributed by atoms with Crippen molar-refractivity contribution in [3.05, 3.63) is 81.4 Å². The lowest BCUT2D eigenvalue weighted by Gasteiger charge is -2.42. The summed E-state index contributed by atoms with van der Waals surface area (Å²) in [6.45, 7) is 4.31. The lowest BCUT2D eigenvalue weighted by molar-refractivity contribution is -0.138. The molecule has 3 aromatic rings. The summed E-state index contributed by atoms with van der Waals surface area (Å²) in [5.41, 5.74) is 4.11. The number of hydrogen-bond acceptors (Lipinski definition) is 6.